The highest BCUT2D eigenvalue weighted by atomic mass is 19.1. The number of carbonyl (C=O) groups is 1. The van der Waals surface area contributed by atoms with E-state index in [0.717, 1.165) is 16.9 Å². The zero-order valence-electron chi connectivity index (χ0n) is 16.4. The second kappa shape index (κ2) is 7.49. The number of ether oxygens (including phenoxy) is 1. The van der Waals surface area contributed by atoms with Crippen molar-refractivity contribution in [2.75, 3.05) is 7.05 Å². The van der Waals surface area contributed by atoms with E-state index in [2.05, 4.69) is 10.2 Å². The summed E-state index contributed by atoms with van der Waals surface area (Å²) in [6, 6.07) is 0.745. The summed E-state index contributed by atoms with van der Waals surface area (Å²) in [6.45, 7) is 6.67. The number of hydrogen-bond donors (Lipinski definition) is 0. The third-order valence-corrected chi connectivity index (χ3v) is 3.90. The van der Waals surface area contributed by atoms with E-state index in [9.17, 15) is 23.7 Å². The van der Waals surface area contributed by atoms with Crippen molar-refractivity contribution in [3.05, 3.63) is 39.6 Å². The number of nitro groups is 1. The first-order valence-electron chi connectivity index (χ1n) is 8.33. The summed E-state index contributed by atoms with van der Waals surface area (Å²) >= 11 is 0. The minimum Gasteiger partial charge on any atom is -0.444 e. The Kier molecular flexibility index (Phi) is 5.67. The fraction of sp³-hybridized carbons (Fsp3) is 0.471. The van der Waals surface area contributed by atoms with Crippen LogP contribution in [0.15, 0.2) is 12.1 Å². The average Bonchev–Trinajstić information content (AvgIpc) is 2.93. The van der Waals surface area contributed by atoms with E-state index in [1.54, 1.807) is 27.7 Å². The Bertz CT molecular complexity index is 923. The lowest BCUT2D eigenvalue weighted by molar-refractivity contribution is -0.387. The fourth-order valence-corrected chi connectivity index (χ4v) is 2.46. The van der Waals surface area contributed by atoms with E-state index in [-0.39, 0.29) is 11.4 Å². The van der Waals surface area contributed by atoms with Crippen molar-refractivity contribution < 1.29 is 23.2 Å². The molecule has 0 bridgehead atoms. The van der Waals surface area contributed by atoms with Gasteiger partial charge < -0.3 is 9.64 Å². The number of amides is 1. The average molecular weight is 397 g/mol. The quantitative estimate of drug-likeness (QED) is 0.577. The smallest absolute Gasteiger partial charge is 0.410 e. The first-order valence-corrected chi connectivity index (χ1v) is 8.33. The lowest BCUT2D eigenvalue weighted by Crippen LogP contribution is -2.36. The molecule has 0 aliphatic heterocycles. The second-order valence-electron chi connectivity index (χ2n) is 7.20. The van der Waals surface area contributed by atoms with Crippen LogP contribution in [0, 0.1) is 21.7 Å². The van der Waals surface area contributed by atoms with Crippen molar-refractivity contribution in [3.8, 4) is 11.3 Å². The Balaban J connectivity index is 2.54. The normalized spacial score (nSPS) is 12.6. The van der Waals surface area contributed by atoms with Crippen LogP contribution < -0.4 is 0 Å². The van der Waals surface area contributed by atoms with Crippen LogP contribution >= 0.6 is 0 Å². The van der Waals surface area contributed by atoms with Gasteiger partial charge in [-0.2, -0.15) is 19.4 Å². The molecule has 28 heavy (non-hydrogen) atoms. The number of rotatable bonds is 4. The number of aromatic nitrogens is 3. The molecule has 0 fully saturated rings. The standard InChI is InChI=1S/C17H21F2N5O4/c1-9(22(5)16(25)28-17(2,3)4)14-15(21-23(6)20-14)12-10(18)7-8-11(13(12)19)24(26)27/h7-9H,1-6H3. The van der Waals surface area contributed by atoms with Gasteiger partial charge in [0.05, 0.1) is 16.5 Å². The van der Waals surface area contributed by atoms with E-state index >= 15 is 0 Å². The van der Waals surface area contributed by atoms with Gasteiger partial charge >= 0.3 is 11.8 Å². The minimum absolute atomic E-state index is 0.0640. The SMILES string of the molecule is CC(c1nn(C)nc1-c1c(F)ccc([N+](=O)[O-])c1F)N(C)C(=O)OC(C)(C)C. The van der Waals surface area contributed by atoms with Crippen molar-refractivity contribution in [2.24, 2.45) is 7.05 Å². The molecule has 0 radical (unpaired) electrons. The fourth-order valence-electron chi connectivity index (χ4n) is 2.46. The largest absolute Gasteiger partial charge is 0.444 e. The Morgan fingerprint density at radius 2 is 1.93 bits per heavy atom. The lowest BCUT2D eigenvalue weighted by atomic mass is 10.0. The van der Waals surface area contributed by atoms with Crippen molar-refractivity contribution in [1.82, 2.24) is 19.9 Å². The Morgan fingerprint density at radius 1 is 1.32 bits per heavy atom. The highest BCUT2D eigenvalue weighted by molar-refractivity contribution is 5.70. The van der Waals surface area contributed by atoms with Crippen molar-refractivity contribution in [1.29, 1.82) is 0 Å². The predicted octanol–water partition coefficient (Wildman–Crippen LogP) is 3.60. The number of benzene rings is 1. The first-order chi connectivity index (χ1) is 12.8. The van der Waals surface area contributed by atoms with E-state index in [1.807, 2.05) is 0 Å². The summed E-state index contributed by atoms with van der Waals surface area (Å²) in [5.74, 6) is -2.39. The number of nitro benzene ring substituents is 1. The van der Waals surface area contributed by atoms with Crippen LogP contribution in [0.4, 0.5) is 19.3 Å². The molecule has 1 aromatic carbocycles. The van der Waals surface area contributed by atoms with Crippen LogP contribution in [0.25, 0.3) is 11.3 Å². The topological polar surface area (TPSA) is 103 Å². The van der Waals surface area contributed by atoms with Crippen molar-refractivity contribution in [3.63, 3.8) is 0 Å². The maximum absolute atomic E-state index is 14.6. The zero-order chi connectivity index (χ0) is 21.4. The molecule has 0 N–H and O–H groups in total. The summed E-state index contributed by atoms with van der Waals surface area (Å²) in [5, 5.41) is 19.1. The maximum Gasteiger partial charge on any atom is 0.410 e. The highest BCUT2D eigenvalue weighted by Gasteiger charge is 2.32. The van der Waals surface area contributed by atoms with E-state index in [4.69, 9.17) is 4.74 Å². The number of halogens is 2. The molecule has 152 valence electrons. The molecule has 1 atom stereocenters. The molecule has 1 aromatic heterocycles. The first kappa shape index (κ1) is 21.2. The Morgan fingerprint density at radius 3 is 2.46 bits per heavy atom. The molecular formula is C17H21F2N5O4. The van der Waals surface area contributed by atoms with Gasteiger partial charge in [0.15, 0.2) is 0 Å². The molecule has 11 heteroatoms. The van der Waals surface area contributed by atoms with Gasteiger partial charge in [-0.1, -0.05) is 0 Å². The number of carbonyl (C=O) groups excluding carboxylic acids is 1. The Hall–Kier alpha value is -3.11. The molecule has 9 nitrogen and oxygen atoms in total. The van der Waals surface area contributed by atoms with E-state index in [0.29, 0.717) is 0 Å². The molecular weight excluding hydrogens is 376 g/mol. The number of hydrogen-bond acceptors (Lipinski definition) is 6. The number of nitrogens with zero attached hydrogens (tertiary/aromatic N) is 5. The molecule has 2 aromatic rings. The summed E-state index contributed by atoms with van der Waals surface area (Å²) in [4.78, 5) is 24.6. The highest BCUT2D eigenvalue weighted by Crippen LogP contribution is 2.35. The zero-order valence-corrected chi connectivity index (χ0v) is 16.4. The van der Waals surface area contributed by atoms with Crippen LogP contribution in [0.2, 0.25) is 0 Å². The van der Waals surface area contributed by atoms with Crippen LogP contribution in [0.5, 0.6) is 0 Å². The summed E-state index contributed by atoms with van der Waals surface area (Å²) < 4.78 is 34.3. The van der Waals surface area contributed by atoms with E-state index < -0.39 is 45.5 Å². The monoisotopic (exact) mass is 397 g/mol. The van der Waals surface area contributed by atoms with Gasteiger partial charge in [0.2, 0.25) is 5.82 Å². The van der Waals surface area contributed by atoms with Gasteiger partial charge in [-0.25, -0.2) is 9.18 Å². The van der Waals surface area contributed by atoms with Crippen LogP contribution in [0.3, 0.4) is 0 Å². The molecule has 1 amide bonds. The van der Waals surface area contributed by atoms with Gasteiger partial charge in [0, 0.05) is 20.2 Å². The minimum atomic E-state index is -1.36. The van der Waals surface area contributed by atoms with Crippen LogP contribution in [-0.4, -0.2) is 43.6 Å². The van der Waals surface area contributed by atoms with Gasteiger partial charge in [-0.05, 0) is 33.8 Å². The van der Waals surface area contributed by atoms with Crippen molar-refractivity contribution in [2.45, 2.75) is 39.3 Å². The van der Waals surface area contributed by atoms with Crippen molar-refractivity contribution >= 4 is 11.8 Å². The molecule has 2 rings (SSSR count). The third-order valence-electron chi connectivity index (χ3n) is 3.90. The predicted molar refractivity (Wildman–Crippen MR) is 95.4 cm³/mol. The van der Waals surface area contributed by atoms with E-state index in [1.165, 1.54) is 19.0 Å². The van der Waals surface area contributed by atoms with Crippen LogP contribution in [0.1, 0.15) is 39.4 Å². The van der Waals surface area contributed by atoms with Gasteiger partial charge in [-0.15, -0.1) is 0 Å². The molecule has 0 saturated heterocycles. The summed E-state index contributed by atoms with van der Waals surface area (Å²) in [7, 11) is 2.87. The Labute approximate surface area is 160 Å². The summed E-state index contributed by atoms with van der Waals surface area (Å²) in [6.07, 6.45) is -0.670. The third kappa shape index (κ3) is 4.24. The van der Waals surface area contributed by atoms with Gasteiger partial charge in [0.1, 0.15) is 22.8 Å². The lowest BCUT2D eigenvalue weighted by Gasteiger charge is -2.28. The molecule has 1 heterocycles. The maximum atomic E-state index is 14.6. The molecule has 0 aliphatic rings. The molecule has 0 aliphatic carbocycles. The second-order valence-corrected chi connectivity index (χ2v) is 7.20. The molecule has 1 unspecified atom stereocenters. The van der Waals surface area contributed by atoms with Crippen LogP contribution in [-0.2, 0) is 11.8 Å². The van der Waals surface area contributed by atoms with Gasteiger partial charge in [-0.3, -0.25) is 10.1 Å². The molecule has 0 spiro atoms. The van der Waals surface area contributed by atoms with Gasteiger partial charge in [0.25, 0.3) is 0 Å². The summed E-state index contributed by atoms with van der Waals surface area (Å²) in [5.41, 5.74) is -2.48. The number of aryl methyl sites for hydroxylation is 1. The molecule has 0 saturated carbocycles.